The summed E-state index contributed by atoms with van der Waals surface area (Å²) in [5.41, 5.74) is 5.66. The average molecular weight is 242 g/mol. The fourth-order valence-electron chi connectivity index (χ4n) is 2.40. The van der Waals surface area contributed by atoms with Crippen molar-refractivity contribution in [1.29, 1.82) is 0 Å². The zero-order valence-electron chi connectivity index (χ0n) is 12.5. The minimum Gasteiger partial charge on any atom is -0.330 e. The van der Waals surface area contributed by atoms with Crippen molar-refractivity contribution in [3.05, 3.63) is 0 Å². The van der Waals surface area contributed by atoms with Gasteiger partial charge in [0.2, 0.25) is 0 Å². The molecule has 0 aromatic heterocycles. The molecule has 2 heteroatoms. The number of hydrogen-bond acceptors (Lipinski definition) is 2. The normalized spacial score (nSPS) is 13.6. The van der Waals surface area contributed by atoms with Crippen LogP contribution in [0.4, 0.5) is 0 Å². The molecule has 0 aromatic rings. The maximum atomic E-state index is 5.66. The fraction of sp³-hybridized carbons (Fsp3) is 1.00. The van der Waals surface area contributed by atoms with Gasteiger partial charge in [0.15, 0.2) is 0 Å². The molecule has 17 heavy (non-hydrogen) atoms. The molecule has 104 valence electrons. The average Bonchev–Trinajstić information content (AvgIpc) is 2.32. The molecule has 0 saturated heterocycles. The van der Waals surface area contributed by atoms with E-state index in [4.69, 9.17) is 5.73 Å². The Morgan fingerprint density at radius 3 is 2.18 bits per heavy atom. The van der Waals surface area contributed by atoms with Gasteiger partial charge in [0.05, 0.1) is 0 Å². The summed E-state index contributed by atoms with van der Waals surface area (Å²) in [6, 6.07) is 0. The summed E-state index contributed by atoms with van der Waals surface area (Å²) in [5, 5.41) is 3.59. The quantitative estimate of drug-likeness (QED) is 0.545. The van der Waals surface area contributed by atoms with Gasteiger partial charge < -0.3 is 11.1 Å². The Balaban J connectivity index is 3.54. The van der Waals surface area contributed by atoms with Crippen LogP contribution in [0.25, 0.3) is 0 Å². The maximum absolute atomic E-state index is 5.66. The molecule has 0 spiro atoms. The van der Waals surface area contributed by atoms with E-state index in [1.807, 2.05) is 0 Å². The molecule has 1 unspecified atom stereocenters. The Bertz CT molecular complexity index is 153. The van der Waals surface area contributed by atoms with Gasteiger partial charge in [0, 0.05) is 0 Å². The molecule has 0 radical (unpaired) electrons. The maximum Gasteiger partial charge on any atom is -0.00207 e. The van der Waals surface area contributed by atoms with E-state index >= 15 is 0 Å². The van der Waals surface area contributed by atoms with Crippen LogP contribution < -0.4 is 11.1 Å². The van der Waals surface area contributed by atoms with Gasteiger partial charge in [-0.05, 0) is 56.7 Å². The van der Waals surface area contributed by atoms with Crippen LogP contribution in [0.15, 0.2) is 0 Å². The molecule has 0 heterocycles. The highest BCUT2D eigenvalue weighted by atomic mass is 14.8. The van der Waals surface area contributed by atoms with Crippen molar-refractivity contribution in [3.8, 4) is 0 Å². The van der Waals surface area contributed by atoms with Crippen LogP contribution in [-0.4, -0.2) is 19.6 Å². The Kier molecular flexibility index (Phi) is 11.0. The second-order valence-electron chi connectivity index (χ2n) is 5.61. The molecule has 1 atom stereocenters. The van der Waals surface area contributed by atoms with Crippen molar-refractivity contribution in [2.24, 2.45) is 23.5 Å². The third-order valence-electron chi connectivity index (χ3n) is 4.00. The van der Waals surface area contributed by atoms with E-state index in [1.54, 1.807) is 0 Å². The van der Waals surface area contributed by atoms with Crippen LogP contribution >= 0.6 is 0 Å². The van der Waals surface area contributed by atoms with Crippen LogP contribution in [0.5, 0.6) is 0 Å². The van der Waals surface area contributed by atoms with E-state index in [1.165, 1.54) is 45.2 Å². The largest absolute Gasteiger partial charge is 0.330 e. The van der Waals surface area contributed by atoms with Crippen molar-refractivity contribution in [2.75, 3.05) is 19.6 Å². The lowest BCUT2D eigenvalue weighted by Gasteiger charge is -2.20. The first kappa shape index (κ1) is 16.9. The molecular formula is C15H34N2. The number of nitrogens with one attached hydrogen (secondary N) is 1. The van der Waals surface area contributed by atoms with E-state index in [2.05, 4.69) is 33.0 Å². The van der Waals surface area contributed by atoms with Gasteiger partial charge in [-0.3, -0.25) is 0 Å². The molecule has 0 bridgehead atoms. The van der Waals surface area contributed by atoms with Crippen molar-refractivity contribution in [3.63, 3.8) is 0 Å². The van der Waals surface area contributed by atoms with E-state index in [-0.39, 0.29) is 0 Å². The molecule has 0 fully saturated rings. The first-order valence-electron chi connectivity index (χ1n) is 7.56. The fourth-order valence-corrected chi connectivity index (χ4v) is 2.40. The molecule has 0 aromatic carbocycles. The Morgan fingerprint density at radius 2 is 1.71 bits per heavy atom. The monoisotopic (exact) mass is 242 g/mol. The van der Waals surface area contributed by atoms with E-state index in [0.29, 0.717) is 0 Å². The lowest BCUT2D eigenvalue weighted by molar-refractivity contribution is 0.328. The molecule has 0 aliphatic carbocycles. The topological polar surface area (TPSA) is 38.0 Å². The summed E-state index contributed by atoms with van der Waals surface area (Å²) in [7, 11) is 0. The van der Waals surface area contributed by atoms with Crippen molar-refractivity contribution < 1.29 is 0 Å². The van der Waals surface area contributed by atoms with Gasteiger partial charge in [-0.15, -0.1) is 0 Å². The smallest absolute Gasteiger partial charge is 0.00207 e. The summed E-state index contributed by atoms with van der Waals surface area (Å²) in [4.78, 5) is 0. The van der Waals surface area contributed by atoms with Crippen LogP contribution in [0.1, 0.15) is 59.8 Å². The van der Waals surface area contributed by atoms with Crippen molar-refractivity contribution in [1.82, 2.24) is 5.32 Å². The molecular weight excluding hydrogens is 208 g/mol. The van der Waals surface area contributed by atoms with Gasteiger partial charge in [-0.25, -0.2) is 0 Å². The number of nitrogens with two attached hydrogens (primary N) is 1. The highest BCUT2D eigenvalue weighted by Gasteiger charge is 2.11. The molecule has 3 N–H and O–H groups in total. The summed E-state index contributed by atoms with van der Waals surface area (Å²) in [5.74, 6) is 2.45. The van der Waals surface area contributed by atoms with Gasteiger partial charge >= 0.3 is 0 Å². The second kappa shape index (κ2) is 11.0. The highest BCUT2D eigenvalue weighted by molar-refractivity contribution is 4.65. The van der Waals surface area contributed by atoms with Gasteiger partial charge in [0.25, 0.3) is 0 Å². The second-order valence-corrected chi connectivity index (χ2v) is 5.61. The molecule has 0 aliphatic rings. The Hall–Kier alpha value is -0.0800. The number of hydrogen-bond donors (Lipinski definition) is 2. The molecule has 0 saturated carbocycles. The van der Waals surface area contributed by atoms with Crippen LogP contribution in [-0.2, 0) is 0 Å². The molecule has 0 aliphatic heterocycles. The first-order chi connectivity index (χ1) is 8.15. The van der Waals surface area contributed by atoms with E-state index in [0.717, 1.165) is 24.3 Å². The van der Waals surface area contributed by atoms with Crippen LogP contribution in [0.3, 0.4) is 0 Å². The minimum absolute atomic E-state index is 0.776. The minimum atomic E-state index is 0.776. The predicted molar refractivity (Wildman–Crippen MR) is 78.2 cm³/mol. The predicted octanol–water partition coefficient (Wildman–Crippen LogP) is 3.41. The van der Waals surface area contributed by atoms with Crippen molar-refractivity contribution in [2.45, 2.75) is 59.8 Å². The lowest BCUT2D eigenvalue weighted by atomic mass is 9.88. The standard InChI is InChI=1S/C15H34N2/c1-5-14(6-2)12-17-11-7-8-15(9-10-16)13(3)4/h13-15,17H,5-12,16H2,1-4H3. The summed E-state index contributed by atoms with van der Waals surface area (Å²) in [6.45, 7) is 12.4. The van der Waals surface area contributed by atoms with Gasteiger partial charge in [-0.1, -0.05) is 40.5 Å². The third kappa shape index (κ3) is 8.62. The Morgan fingerprint density at radius 1 is 1.06 bits per heavy atom. The zero-order valence-corrected chi connectivity index (χ0v) is 12.5. The Labute approximate surface area is 109 Å². The van der Waals surface area contributed by atoms with Gasteiger partial charge in [0.1, 0.15) is 0 Å². The SMILES string of the molecule is CCC(CC)CNCCCC(CCN)C(C)C. The first-order valence-corrected chi connectivity index (χ1v) is 7.56. The summed E-state index contributed by atoms with van der Waals surface area (Å²) < 4.78 is 0. The summed E-state index contributed by atoms with van der Waals surface area (Å²) >= 11 is 0. The van der Waals surface area contributed by atoms with E-state index < -0.39 is 0 Å². The molecule has 0 rings (SSSR count). The number of rotatable bonds is 11. The van der Waals surface area contributed by atoms with Crippen LogP contribution in [0, 0.1) is 17.8 Å². The van der Waals surface area contributed by atoms with Gasteiger partial charge in [-0.2, -0.15) is 0 Å². The zero-order chi connectivity index (χ0) is 13.1. The van der Waals surface area contributed by atoms with Crippen molar-refractivity contribution >= 4 is 0 Å². The molecule has 0 amide bonds. The van der Waals surface area contributed by atoms with E-state index in [9.17, 15) is 0 Å². The van der Waals surface area contributed by atoms with Crippen LogP contribution in [0.2, 0.25) is 0 Å². The highest BCUT2D eigenvalue weighted by Crippen LogP contribution is 2.19. The third-order valence-corrected chi connectivity index (χ3v) is 4.00. The lowest BCUT2D eigenvalue weighted by Crippen LogP contribution is -2.24. The molecule has 2 nitrogen and oxygen atoms in total. The summed E-state index contributed by atoms with van der Waals surface area (Å²) in [6.07, 6.45) is 6.40.